The number of amides is 6. The average molecular weight is 823 g/mol. The summed E-state index contributed by atoms with van der Waals surface area (Å²) in [4.78, 5) is 87.6. The van der Waals surface area contributed by atoms with Crippen molar-refractivity contribution in [1.29, 1.82) is 0 Å². The summed E-state index contributed by atoms with van der Waals surface area (Å²) < 4.78 is 39.7. The third-order valence-electron chi connectivity index (χ3n) is 12.2. The second-order valence-electron chi connectivity index (χ2n) is 17.3. The fourth-order valence-electron chi connectivity index (χ4n) is 8.54. The van der Waals surface area contributed by atoms with Gasteiger partial charge in [0.25, 0.3) is 5.91 Å². The molecule has 1 saturated heterocycles. The fraction of sp³-hybridized carbons (Fsp3) is 0.610. The van der Waals surface area contributed by atoms with E-state index in [9.17, 15) is 37.2 Å². The molecule has 0 aromatic heterocycles. The van der Waals surface area contributed by atoms with Gasteiger partial charge in [-0.05, 0) is 79.5 Å². The predicted octanol–water partition coefficient (Wildman–Crippen LogP) is 2.80. The van der Waals surface area contributed by atoms with Crippen molar-refractivity contribution in [2.45, 2.75) is 120 Å². The highest BCUT2D eigenvalue weighted by molar-refractivity contribution is 7.91. The zero-order chi connectivity index (χ0) is 41.4. The van der Waals surface area contributed by atoms with Crippen LogP contribution in [0.4, 0.5) is 9.59 Å². The molecule has 314 valence electrons. The Labute approximate surface area is 339 Å². The van der Waals surface area contributed by atoms with Crippen LogP contribution in [0.2, 0.25) is 0 Å². The number of carbonyl (C=O) groups is 6. The smallest absolute Gasteiger partial charge is 0.410 e. The summed E-state index contributed by atoms with van der Waals surface area (Å²) in [6, 6.07) is 3.35. The number of fused-ring (bicyclic) bond motifs is 4. The third kappa shape index (κ3) is 9.03. The van der Waals surface area contributed by atoms with Crippen molar-refractivity contribution in [3.63, 3.8) is 0 Å². The number of sulfonamides is 1. The maximum Gasteiger partial charge on any atom is 0.410 e. The molecule has 7 rings (SSSR count). The number of rotatable bonds is 4. The van der Waals surface area contributed by atoms with Gasteiger partial charge in [-0.2, -0.15) is 0 Å². The van der Waals surface area contributed by atoms with Crippen molar-refractivity contribution >= 4 is 45.8 Å². The zero-order valence-electron chi connectivity index (χ0n) is 33.2. The van der Waals surface area contributed by atoms with Crippen molar-refractivity contribution < 1.29 is 46.7 Å². The van der Waals surface area contributed by atoms with Gasteiger partial charge in [0.1, 0.15) is 23.7 Å². The highest BCUT2D eigenvalue weighted by Crippen LogP contribution is 2.46. The van der Waals surface area contributed by atoms with Crippen molar-refractivity contribution in [2.75, 3.05) is 26.2 Å². The Morgan fingerprint density at radius 1 is 1.03 bits per heavy atom. The van der Waals surface area contributed by atoms with E-state index in [2.05, 4.69) is 28.0 Å². The average Bonchev–Trinajstić information content (AvgIpc) is 4.07. The molecule has 6 amide bonds. The van der Waals surface area contributed by atoms with Crippen LogP contribution >= 0.6 is 0 Å². The molecule has 4 heterocycles. The number of nitrogens with zero attached hydrogens (tertiary/aromatic N) is 3. The fourth-order valence-corrected chi connectivity index (χ4v) is 9.90. The van der Waals surface area contributed by atoms with Gasteiger partial charge in [-0.3, -0.25) is 28.8 Å². The minimum Gasteiger partial charge on any atom is -0.449 e. The Bertz CT molecular complexity index is 2000. The molecule has 2 saturated carbocycles. The van der Waals surface area contributed by atoms with Crippen molar-refractivity contribution in [3.8, 4) is 0 Å². The monoisotopic (exact) mass is 822 g/mol. The highest BCUT2D eigenvalue weighted by atomic mass is 32.2. The van der Waals surface area contributed by atoms with Crippen LogP contribution in [-0.2, 0) is 58.2 Å². The summed E-state index contributed by atoms with van der Waals surface area (Å²) >= 11 is 0. The van der Waals surface area contributed by atoms with Crippen molar-refractivity contribution in [3.05, 3.63) is 59.7 Å². The Morgan fingerprint density at radius 2 is 1.81 bits per heavy atom. The second-order valence-corrected chi connectivity index (χ2v) is 19.3. The molecule has 0 spiro atoms. The van der Waals surface area contributed by atoms with Gasteiger partial charge in [-0.15, -0.1) is 0 Å². The van der Waals surface area contributed by atoms with E-state index in [4.69, 9.17) is 9.47 Å². The largest absolute Gasteiger partial charge is 0.449 e. The van der Waals surface area contributed by atoms with Gasteiger partial charge in [-0.25, -0.2) is 18.0 Å². The molecule has 2 aliphatic carbocycles. The number of nitrogens with one attached hydrogen (secondary N) is 3. The van der Waals surface area contributed by atoms with Crippen LogP contribution in [0.5, 0.6) is 0 Å². The lowest BCUT2D eigenvalue weighted by Crippen LogP contribution is -2.60. The molecular weight excluding hydrogens is 769 g/mol. The van der Waals surface area contributed by atoms with E-state index in [1.54, 1.807) is 11.0 Å². The molecule has 4 aliphatic heterocycles. The maximum atomic E-state index is 14.8. The van der Waals surface area contributed by atoms with Gasteiger partial charge in [0, 0.05) is 32.0 Å². The van der Waals surface area contributed by atoms with E-state index >= 15 is 0 Å². The summed E-state index contributed by atoms with van der Waals surface area (Å²) in [7, 11) is -3.96. The van der Waals surface area contributed by atoms with E-state index in [1.165, 1.54) is 9.80 Å². The number of hydrogen-bond donors (Lipinski definition) is 3. The molecule has 1 aromatic carbocycles. The van der Waals surface area contributed by atoms with Gasteiger partial charge >= 0.3 is 12.2 Å². The van der Waals surface area contributed by atoms with Crippen molar-refractivity contribution in [2.24, 2.45) is 11.3 Å². The number of allylic oxidation sites excluding steroid dienone is 1. The number of alkyl carbamates (subject to hydrolysis) is 1. The normalized spacial score (nSPS) is 29.4. The van der Waals surface area contributed by atoms with E-state index in [0.717, 1.165) is 48.4 Å². The van der Waals surface area contributed by atoms with Crippen LogP contribution in [0.3, 0.4) is 0 Å². The summed E-state index contributed by atoms with van der Waals surface area (Å²) in [5, 5.41) is 4.79. The van der Waals surface area contributed by atoms with Gasteiger partial charge < -0.3 is 29.9 Å². The first-order valence-electron chi connectivity index (χ1n) is 20.3. The number of ether oxygens (including phenoxy) is 2. The van der Waals surface area contributed by atoms with Gasteiger partial charge in [0.05, 0.1) is 24.9 Å². The lowest BCUT2D eigenvalue weighted by atomic mass is 9.87. The summed E-state index contributed by atoms with van der Waals surface area (Å²) in [6.45, 7) is 8.03. The molecule has 3 N–H and O–H groups in total. The van der Waals surface area contributed by atoms with Crippen molar-refractivity contribution in [1.82, 2.24) is 30.1 Å². The highest BCUT2D eigenvalue weighted by Gasteiger charge is 2.62. The molecule has 1 aromatic rings. The molecule has 58 heavy (non-hydrogen) atoms. The third-order valence-corrected chi connectivity index (χ3v) is 14.0. The number of aryl methyl sites for hydroxylation is 1. The van der Waals surface area contributed by atoms with Gasteiger partial charge in [0.15, 0.2) is 0 Å². The molecule has 0 radical (unpaired) electrons. The van der Waals surface area contributed by atoms with Crippen LogP contribution in [0, 0.1) is 11.3 Å². The zero-order valence-corrected chi connectivity index (χ0v) is 34.0. The van der Waals surface area contributed by atoms with E-state index < -0.39 is 86.1 Å². The molecule has 6 aliphatic rings. The molecule has 16 nitrogen and oxygen atoms in total. The molecule has 5 atom stereocenters. The number of benzene rings is 1. The minimum atomic E-state index is -3.96. The van der Waals surface area contributed by atoms with E-state index in [-0.39, 0.29) is 39.1 Å². The summed E-state index contributed by atoms with van der Waals surface area (Å²) in [6.07, 6.45) is 7.27. The van der Waals surface area contributed by atoms with Crippen LogP contribution in [-0.4, -0.2) is 114 Å². The Kier molecular flexibility index (Phi) is 11.6. The second kappa shape index (κ2) is 16.4. The molecule has 0 unspecified atom stereocenters. The first-order valence-corrected chi connectivity index (χ1v) is 21.9. The maximum absolute atomic E-state index is 14.8. The van der Waals surface area contributed by atoms with Gasteiger partial charge in [0.2, 0.25) is 27.7 Å². The first kappa shape index (κ1) is 41.2. The molecule has 5 bridgehead atoms. The van der Waals surface area contributed by atoms with E-state index in [1.807, 2.05) is 32.1 Å². The standard InChI is InChI=1S/C41H54N6O10S/c1-4-34(48)45-18-9-5-6-14-28-20-41(28,37(51)44-58(54,55)30-15-16-30)43-35(49)33-19-29-22-47(33)36(50)32(24-45)42-38(52)56-25-40(2,3)17-8-7-11-26-12-10-13-27-21-46(23-31(26)27)39(53)57-29/h4,6,10,12-14,28-30,32-33H,1,5,7-9,11,15-25H2,2-3H3,(H,42,52)(H,43,49)(H,44,51)/t28-,29-,32+,33+,41-/m1/s1. The molecule has 3 fully saturated rings. The number of carbonyl (C=O) groups excluding carboxylic acids is 6. The SMILES string of the molecule is C=CC(=O)N1CCCC=C[C@@H]2C[C@@]2(C(=O)NS(=O)(=O)C2CC2)NC(=O)[C@@H]2C[C@@H]3CN2C(=O)[C@H](C1)NC(=O)OCC(C)(C)CCCCc1cccc2c1CN(C2)C(=O)O3. The van der Waals surface area contributed by atoms with Crippen LogP contribution in [0.25, 0.3) is 0 Å². The minimum absolute atomic E-state index is 0.0611. The quantitative estimate of drug-likeness (QED) is 0.300. The topological polar surface area (TPSA) is 201 Å². The lowest BCUT2D eigenvalue weighted by molar-refractivity contribution is -0.142. The van der Waals surface area contributed by atoms with E-state index in [0.29, 0.717) is 38.8 Å². The predicted molar refractivity (Wildman–Crippen MR) is 210 cm³/mol. The van der Waals surface area contributed by atoms with Crippen LogP contribution < -0.4 is 15.4 Å². The molecule has 17 heteroatoms. The molecular formula is C41H54N6O10S. The number of cyclic esters (lactones) is 1. The van der Waals surface area contributed by atoms with Crippen LogP contribution in [0.1, 0.15) is 88.3 Å². The number of hydrogen-bond acceptors (Lipinski definition) is 10. The van der Waals surface area contributed by atoms with Gasteiger partial charge in [-0.1, -0.05) is 57.2 Å². The summed E-state index contributed by atoms with van der Waals surface area (Å²) in [5.74, 6) is -3.38. The Hall–Kier alpha value is -4.93. The van der Waals surface area contributed by atoms with Crippen LogP contribution in [0.15, 0.2) is 43.0 Å². The Morgan fingerprint density at radius 3 is 2.57 bits per heavy atom. The lowest BCUT2D eigenvalue weighted by Gasteiger charge is -2.32. The summed E-state index contributed by atoms with van der Waals surface area (Å²) in [5.41, 5.74) is 1.24. The Balaban J connectivity index is 1.22. The first-order chi connectivity index (χ1) is 27.6.